The van der Waals surface area contributed by atoms with Crippen LogP contribution in [0.15, 0.2) is 24.3 Å². The number of carbonyl (C=O) groups is 7. The molecule has 0 spiro atoms. The van der Waals surface area contributed by atoms with Gasteiger partial charge in [-0.15, -0.1) is 0 Å². The number of likely N-dealkylation sites (tertiary alicyclic amines) is 2. The predicted molar refractivity (Wildman–Crippen MR) is 238 cm³/mol. The zero-order valence-electron chi connectivity index (χ0n) is 38.8. The van der Waals surface area contributed by atoms with Gasteiger partial charge >= 0.3 is 12.1 Å². The number of unbranched alkanes of at least 4 members (excludes halogenated alkanes) is 1. The van der Waals surface area contributed by atoms with Crippen molar-refractivity contribution in [1.82, 2.24) is 36.0 Å². The fraction of sp³-hybridized carbons (Fsp3) is 0.729. The van der Waals surface area contributed by atoms with Gasteiger partial charge in [-0.1, -0.05) is 105 Å². The molecule has 6 rings (SSSR count). The number of benzene rings is 1. The van der Waals surface area contributed by atoms with Crippen molar-refractivity contribution in [3.63, 3.8) is 0 Å². The first-order valence-corrected chi connectivity index (χ1v) is 23.6. The number of urea groups is 1. The average molecular weight is 876 g/mol. The maximum Gasteiger partial charge on any atom is 0.410 e. The molecule has 15 nitrogen and oxygen atoms in total. The van der Waals surface area contributed by atoms with Gasteiger partial charge in [0.25, 0.3) is 5.91 Å². The Labute approximate surface area is 373 Å². The van der Waals surface area contributed by atoms with E-state index in [4.69, 9.17) is 4.74 Å². The standard InChI is InChI=1S/C48H73N7O8/c1-8-9-17-35(39(57)42(59)49-33-18-19-33)50-41(58)36-26-34(63-45(62)54-24-20-31-15-11-12-16-32(31)28-54)29-55(36)43(60)40(48(7)21-13-10-14-22-48)52-44(61)51-37(46(2,3)4)30-53-25-23-47(5,6)27-38(53)56/h11-12,15-16,33-37,40H,8-10,13-14,17-30H2,1-7H3,(H,49,59)(H,50,58)(H2,51,52,61)/t34?,35?,36-,37+,40+/m0/s1. The molecular weight excluding hydrogens is 803 g/mol. The number of rotatable bonds is 15. The molecule has 7 amide bonds. The number of ketones is 1. The molecule has 4 N–H and O–H groups in total. The van der Waals surface area contributed by atoms with Crippen molar-refractivity contribution < 1.29 is 38.3 Å². The summed E-state index contributed by atoms with van der Waals surface area (Å²) in [4.78, 5) is 102. The van der Waals surface area contributed by atoms with Gasteiger partial charge in [-0.25, -0.2) is 9.59 Å². The quantitative estimate of drug-likeness (QED) is 0.169. The minimum atomic E-state index is -1.16. The van der Waals surface area contributed by atoms with Crippen LogP contribution in [0.2, 0.25) is 0 Å². The highest BCUT2D eigenvalue weighted by atomic mass is 16.6. The number of Topliss-reactive ketones (excluding diaryl/α,β-unsaturated/α-hetero) is 1. The summed E-state index contributed by atoms with van der Waals surface area (Å²) in [7, 11) is 0. The summed E-state index contributed by atoms with van der Waals surface area (Å²) in [5.41, 5.74) is 1.01. The molecule has 3 heterocycles. The lowest BCUT2D eigenvalue weighted by Gasteiger charge is -2.43. The molecule has 2 saturated heterocycles. The fourth-order valence-corrected chi connectivity index (χ4v) is 9.63. The van der Waals surface area contributed by atoms with E-state index in [1.54, 1.807) is 4.90 Å². The molecule has 4 fully saturated rings. The van der Waals surface area contributed by atoms with Gasteiger partial charge in [-0.3, -0.25) is 24.0 Å². The smallest absolute Gasteiger partial charge is 0.410 e. The van der Waals surface area contributed by atoms with Gasteiger partial charge in [0.05, 0.1) is 18.6 Å². The second-order valence-corrected chi connectivity index (χ2v) is 21.1. The molecule has 2 aliphatic carbocycles. The Kier molecular flexibility index (Phi) is 15.2. The molecule has 15 heteroatoms. The number of nitrogens with zero attached hydrogens (tertiary/aromatic N) is 3. The topological polar surface area (TPSA) is 187 Å². The highest BCUT2D eigenvalue weighted by Crippen LogP contribution is 2.41. The number of amides is 7. The van der Waals surface area contributed by atoms with Crippen molar-refractivity contribution >= 4 is 41.5 Å². The molecule has 2 unspecified atom stereocenters. The molecule has 5 aliphatic rings. The van der Waals surface area contributed by atoms with E-state index in [2.05, 4.69) is 35.1 Å². The number of hydrogen-bond donors (Lipinski definition) is 4. The average Bonchev–Trinajstić information content (AvgIpc) is 3.95. The van der Waals surface area contributed by atoms with E-state index < -0.39 is 76.7 Å². The van der Waals surface area contributed by atoms with Crippen molar-refractivity contribution in [3.05, 3.63) is 35.4 Å². The fourth-order valence-electron chi connectivity index (χ4n) is 9.63. The highest BCUT2D eigenvalue weighted by Gasteiger charge is 2.50. The Balaban J connectivity index is 1.24. The van der Waals surface area contributed by atoms with Gasteiger partial charge in [0, 0.05) is 45.1 Å². The third-order valence-corrected chi connectivity index (χ3v) is 14.1. The van der Waals surface area contributed by atoms with Crippen molar-refractivity contribution in [2.45, 2.75) is 181 Å². The Morgan fingerprint density at radius 2 is 1.60 bits per heavy atom. The molecule has 3 aliphatic heterocycles. The maximum atomic E-state index is 15.3. The van der Waals surface area contributed by atoms with Crippen LogP contribution in [0.5, 0.6) is 0 Å². The van der Waals surface area contributed by atoms with E-state index in [1.165, 1.54) is 10.5 Å². The maximum absolute atomic E-state index is 15.3. The first kappa shape index (κ1) is 47.8. The zero-order chi connectivity index (χ0) is 45.7. The first-order valence-electron chi connectivity index (χ1n) is 23.6. The monoisotopic (exact) mass is 876 g/mol. The predicted octanol–water partition coefficient (Wildman–Crippen LogP) is 5.38. The lowest BCUT2D eigenvalue weighted by molar-refractivity contribution is -0.144. The van der Waals surface area contributed by atoms with E-state index in [0.29, 0.717) is 58.3 Å². The summed E-state index contributed by atoms with van der Waals surface area (Å²) >= 11 is 0. The largest absolute Gasteiger partial charge is 0.444 e. The SMILES string of the molecule is CCCCC(NC(=O)[C@@H]1CC(OC(=O)N2CCc3ccccc3C2)CN1C(=O)[C@@H](NC(=O)N[C@H](CN1CCC(C)(C)CC1=O)C(C)(C)C)C1(C)CCCCC1)C(=O)C(=O)NC1CC1. The number of nitrogens with one attached hydrogen (secondary N) is 4. The third-order valence-electron chi connectivity index (χ3n) is 14.1. The third kappa shape index (κ3) is 12.3. The van der Waals surface area contributed by atoms with Crippen LogP contribution in [-0.2, 0) is 41.7 Å². The normalized spacial score (nSPS) is 23.4. The minimum Gasteiger partial charge on any atom is -0.444 e. The van der Waals surface area contributed by atoms with Crippen molar-refractivity contribution in [3.8, 4) is 0 Å². The van der Waals surface area contributed by atoms with Gasteiger partial charge < -0.3 is 40.7 Å². The molecule has 5 atom stereocenters. The van der Waals surface area contributed by atoms with E-state index >= 15 is 4.79 Å². The van der Waals surface area contributed by atoms with Crippen LogP contribution in [0, 0.1) is 16.2 Å². The Bertz CT molecular complexity index is 1870. The lowest BCUT2D eigenvalue weighted by atomic mass is 9.70. The van der Waals surface area contributed by atoms with Gasteiger partial charge in [0.15, 0.2) is 0 Å². The minimum absolute atomic E-state index is 0.0287. The molecule has 1 aromatic rings. The number of piperidine rings is 1. The summed E-state index contributed by atoms with van der Waals surface area (Å²) in [6.45, 7) is 15.8. The van der Waals surface area contributed by atoms with Crippen LogP contribution in [0.4, 0.5) is 9.59 Å². The lowest BCUT2D eigenvalue weighted by Crippen LogP contribution is -2.63. The summed E-state index contributed by atoms with van der Waals surface area (Å²) in [6.07, 6.45) is 7.69. The van der Waals surface area contributed by atoms with E-state index in [9.17, 15) is 28.8 Å². The highest BCUT2D eigenvalue weighted by molar-refractivity contribution is 6.38. The van der Waals surface area contributed by atoms with E-state index in [0.717, 1.165) is 50.5 Å². The van der Waals surface area contributed by atoms with E-state index in [1.807, 2.05) is 63.8 Å². The molecular formula is C48H73N7O8. The second-order valence-electron chi connectivity index (χ2n) is 21.1. The van der Waals surface area contributed by atoms with Gasteiger partial charge in [-0.05, 0) is 72.3 Å². The number of carbonyl (C=O) groups excluding carboxylic acids is 7. The molecule has 2 saturated carbocycles. The van der Waals surface area contributed by atoms with Gasteiger partial charge in [-0.2, -0.15) is 0 Å². The van der Waals surface area contributed by atoms with Crippen LogP contribution in [0.25, 0.3) is 0 Å². The van der Waals surface area contributed by atoms with Gasteiger partial charge in [0.2, 0.25) is 23.5 Å². The van der Waals surface area contributed by atoms with Crippen molar-refractivity contribution in [2.75, 3.05) is 26.2 Å². The number of hydrogen-bond acceptors (Lipinski definition) is 8. The molecule has 0 radical (unpaired) electrons. The molecule has 1 aromatic carbocycles. The van der Waals surface area contributed by atoms with Crippen molar-refractivity contribution in [2.24, 2.45) is 16.2 Å². The van der Waals surface area contributed by atoms with Crippen LogP contribution in [0.3, 0.4) is 0 Å². The number of fused-ring (bicyclic) bond motifs is 1. The molecule has 348 valence electrons. The van der Waals surface area contributed by atoms with Crippen molar-refractivity contribution in [1.29, 1.82) is 0 Å². The van der Waals surface area contributed by atoms with Crippen LogP contribution in [0.1, 0.15) is 143 Å². The Morgan fingerprint density at radius 1 is 0.905 bits per heavy atom. The zero-order valence-corrected chi connectivity index (χ0v) is 38.8. The van der Waals surface area contributed by atoms with Crippen LogP contribution < -0.4 is 21.3 Å². The Morgan fingerprint density at radius 3 is 2.25 bits per heavy atom. The summed E-state index contributed by atoms with van der Waals surface area (Å²) in [5, 5.41) is 11.8. The van der Waals surface area contributed by atoms with Gasteiger partial charge in [0.1, 0.15) is 18.2 Å². The van der Waals surface area contributed by atoms with Crippen LogP contribution in [-0.4, -0.2) is 119 Å². The summed E-state index contributed by atoms with van der Waals surface area (Å²) in [6, 6.07) is 3.59. The second kappa shape index (κ2) is 20.0. The molecule has 0 bridgehead atoms. The summed E-state index contributed by atoms with van der Waals surface area (Å²) in [5.74, 6) is -2.53. The van der Waals surface area contributed by atoms with Crippen LogP contribution >= 0.6 is 0 Å². The number of ether oxygens (including phenoxy) is 1. The molecule has 0 aromatic heterocycles. The Hall–Kier alpha value is -4.69. The first-order chi connectivity index (χ1) is 29.8. The summed E-state index contributed by atoms with van der Waals surface area (Å²) < 4.78 is 6.10. The van der Waals surface area contributed by atoms with E-state index in [-0.39, 0.29) is 36.8 Å². The molecule has 63 heavy (non-hydrogen) atoms.